The van der Waals surface area contributed by atoms with Crippen LogP contribution in [0.3, 0.4) is 0 Å². The maximum Gasteiger partial charge on any atom is 0.397 e. The second kappa shape index (κ2) is 11.0. The van der Waals surface area contributed by atoms with Crippen molar-refractivity contribution in [1.82, 2.24) is 5.32 Å². The third-order valence-electron chi connectivity index (χ3n) is 4.07. The highest BCUT2D eigenvalue weighted by Gasteiger charge is 2.38. The highest BCUT2D eigenvalue weighted by Crippen LogP contribution is 2.20. The van der Waals surface area contributed by atoms with Gasteiger partial charge in [0, 0.05) is 8.54 Å². The molecular weight excluding hydrogens is 358 g/mol. The van der Waals surface area contributed by atoms with E-state index in [1.165, 1.54) is 7.11 Å². The molecule has 0 radical (unpaired) electrons. The Morgan fingerprint density at radius 2 is 1.96 bits per heavy atom. The van der Waals surface area contributed by atoms with Gasteiger partial charge in [0.15, 0.2) is 0 Å². The maximum absolute atomic E-state index is 12.5. The number of ether oxygens (including phenoxy) is 4. The van der Waals surface area contributed by atoms with Crippen molar-refractivity contribution in [1.29, 1.82) is 0 Å². The molecule has 0 unspecified atom stereocenters. The zero-order valence-corrected chi connectivity index (χ0v) is 17.1. The van der Waals surface area contributed by atoms with Gasteiger partial charge >= 0.3 is 12.1 Å². The van der Waals surface area contributed by atoms with E-state index in [-0.39, 0.29) is 14.0 Å². The van der Waals surface area contributed by atoms with Gasteiger partial charge in [-0.3, -0.25) is 4.79 Å². The Balaban J connectivity index is 0.00000420. The van der Waals surface area contributed by atoms with Crippen LogP contribution in [-0.4, -0.2) is 38.4 Å². The van der Waals surface area contributed by atoms with Crippen LogP contribution in [0, 0.1) is 5.92 Å². The van der Waals surface area contributed by atoms with Crippen molar-refractivity contribution in [2.75, 3.05) is 20.3 Å². The standard InChI is InChI=1S/C22H31NO5.H2/c1-17(2)15-27-22(25-4,28-20-13-9-6-10-14-20)23-18(3)21(24)26-16-19-11-7-5-8-12-19;/h6-7,9-14,17-18,23H,5,8,15-16H2,1-4H3;1H/t18-,22-;/m0./s1. The molecule has 1 aromatic carbocycles. The first-order valence-corrected chi connectivity index (χ1v) is 9.67. The molecule has 0 saturated heterocycles. The van der Waals surface area contributed by atoms with Gasteiger partial charge in [0.1, 0.15) is 18.4 Å². The Hall–Kier alpha value is -2.15. The number of para-hydroxylation sites is 1. The van der Waals surface area contributed by atoms with Crippen LogP contribution in [0.15, 0.2) is 54.1 Å². The summed E-state index contributed by atoms with van der Waals surface area (Å²) in [7, 11) is 1.46. The van der Waals surface area contributed by atoms with Crippen LogP contribution >= 0.6 is 0 Å². The van der Waals surface area contributed by atoms with Crippen LogP contribution < -0.4 is 10.1 Å². The van der Waals surface area contributed by atoms with Gasteiger partial charge in [-0.2, -0.15) is 0 Å². The third-order valence-corrected chi connectivity index (χ3v) is 4.07. The van der Waals surface area contributed by atoms with Crippen molar-refractivity contribution in [2.24, 2.45) is 5.92 Å². The molecule has 6 nitrogen and oxygen atoms in total. The number of carbonyl (C=O) groups excluding carboxylic acids is 1. The van der Waals surface area contributed by atoms with E-state index in [0.717, 1.165) is 18.4 Å². The number of rotatable bonds is 11. The summed E-state index contributed by atoms with van der Waals surface area (Å²) < 4.78 is 22.7. The van der Waals surface area contributed by atoms with Gasteiger partial charge in [-0.1, -0.05) is 50.3 Å². The fourth-order valence-electron chi connectivity index (χ4n) is 2.56. The second-order valence-corrected chi connectivity index (χ2v) is 7.11. The average Bonchev–Trinajstić information content (AvgIpc) is 2.71. The number of benzene rings is 1. The first-order chi connectivity index (χ1) is 13.4. The number of methoxy groups -OCH3 is 1. The van der Waals surface area contributed by atoms with E-state index in [4.69, 9.17) is 18.9 Å². The first-order valence-electron chi connectivity index (χ1n) is 9.67. The monoisotopic (exact) mass is 391 g/mol. The van der Waals surface area contributed by atoms with E-state index in [9.17, 15) is 4.79 Å². The highest BCUT2D eigenvalue weighted by atomic mass is 16.9. The van der Waals surface area contributed by atoms with E-state index in [1.54, 1.807) is 19.1 Å². The van der Waals surface area contributed by atoms with Crippen LogP contribution in [0.1, 0.15) is 35.0 Å². The summed E-state index contributed by atoms with van der Waals surface area (Å²) in [4.78, 5) is 12.5. The van der Waals surface area contributed by atoms with Gasteiger partial charge in [-0.15, -0.1) is 0 Å². The van der Waals surface area contributed by atoms with Gasteiger partial charge in [-0.05, 0) is 43.4 Å². The normalized spacial score (nSPS) is 17.0. The van der Waals surface area contributed by atoms with Gasteiger partial charge in [0.2, 0.25) is 0 Å². The van der Waals surface area contributed by atoms with Crippen LogP contribution in [0.5, 0.6) is 5.75 Å². The molecule has 0 aromatic heterocycles. The molecule has 2 rings (SSSR count). The number of esters is 1. The number of hydrogen-bond acceptors (Lipinski definition) is 6. The van der Waals surface area contributed by atoms with Crippen LogP contribution in [-0.2, 0) is 19.0 Å². The molecule has 0 bridgehead atoms. The molecule has 28 heavy (non-hydrogen) atoms. The molecule has 2 atom stereocenters. The summed E-state index contributed by atoms with van der Waals surface area (Å²) in [5, 5.41) is 2.99. The number of hydrogen-bond donors (Lipinski definition) is 1. The molecule has 0 amide bonds. The smallest absolute Gasteiger partial charge is 0.397 e. The van der Waals surface area contributed by atoms with Crippen molar-refractivity contribution in [3.8, 4) is 5.75 Å². The van der Waals surface area contributed by atoms with E-state index in [2.05, 4.69) is 17.5 Å². The molecule has 1 aliphatic carbocycles. The SMILES string of the molecule is CO[C@@](N[C@@H](C)C(=O)OCC1=CCCC=C1)(OCC(C)C)Oc1ccccc1.[HH]. The highest BCUT2D eigenvalue weighted by molar-refractivity contribution is 5.75. The predicted octanol–water partition coefficient (Wildman–Crippen LogP) is 4.04. The summed E-state index contributed by atoms with van der Waals surface area (Å²) in [6, 6.07) is 8.46. The number of allylic oxidation sites excluding steroid dienone is 2. The van der Waals surface area contributed by atoms with Gasteiger partial charge in [0.05, 0.1) is 6.61 Å². The summed E-state index contributed by atoms with van der Waals surface area (Å²) in [6.07, 6.45) is 6.53. The summed E-state index contributed by atoms with van der Waals surface area (Å²) >= 11 is 0. The topological polar surface area (TPSA) is 66.0 Å². The predicted molar refractivity (Wildman–Crippen MR) is 110 cm³/mol. The largest absolute Gasteiger partial charge is 0.460 e. The number of nitrogens with one attached hydrogen (secondary N) is 1. The van der Waals surface area contributed by atoms with Crippen molar-refractivity contribution in [3.63, 3.8) is 0 Å². The van der Waals surface area contributed by atoms with Gasteiger partial charge in [0.25, 0.3) is 0 Å². The zero-order chi connectivity index (χ0) is 20.4. The second-order valence-electron chi connectivity index (χ2n) is 7.11. The van der Waals surface area contributed by atoms with Gasteiger partial charge in [-0.25, -0.2) is 5.32 Å². The molecule has 0 fully saturated rings. The van der Waals surface area contributed by atoms with Crippen LogP contribution in [0.2, 0.25) is 0 Å². The Bertz CT molecular complexity index is 677. The third kappa shape index (κ3) is 7.11. The molecular formula is C22H33NO5. The first kappa shape index (κ1) is 22.1. The molecule has 6 heteroatoms. The fourth-order valence-corrected chi connectivity index (χ4v) is 2.56. The lowest BCUT2D eigenvalue weighted by Crippen LogP contribution is -2.59. The Morgan fingerprint density at radius 1 is 1.21 bits per heavy atom. The zero-order valence-electron chi connectivity index (χ0n) is 17.1. The summed E-state index contributed by atoms with van der Waals surface area (Å²) in [5.74, 6) is 0.396. The molecule has 0 aliphatic heterocycles. The average molecular weight is 392 g/mol. The Labute approximate surface area is 169 Å². The minimum atomic E-state index is -1.60. The minimum Gasteiger partial charge on any atom is -0.460 e. The quantitative estimate of drug-likeness (QED) is 0.454. The van der Waals surface area contributed by atoms with Crippen molar-refractivity contribution >= 4 is 5.97 Å². The molecule has 1 N–H and O–H groups in total. The maximum atomic E-state index is 12.5. The van der Waals surface area contributed by atoms with E-state index in [0.29, 0.717) is 12.4 Å². The number of carbonyl (C=O) groups is 1. The van der Waals surface area contributed by atoms with Crippen LogP contribution in [0.25, 0.3) is 0 Å². The lowest BCUT2D eigenvalue weighted by Gasteiger charge is -2.34. The van der Waals surface area contributed by atoms with Crippen molar-refractivity contribution in [2.45, 2.75) is 45.8 Å². The molecule has 1 aromatic rings. The van der Waals surface area contributed by atoms with Gasteiger partial charge < -0.3 is 18.9 Å². The molecule has 1 aliphatic rings. The summed E-state index contributed by atoms with van der Waals surface area (Å²) in [6.45, 7) is 6.35. The lowest BCUT2D eigenvalue weighted by atomic mass is 10.1. The van der Waals surface area contributed by atoms with E-state index in [1.807, 2.05) is 38.1 Å². The van der Waals surface area contributed by atoms with E-state index < -0.39 is 18.1 Å². The summed E-state index contributed by atoms with van der Waals surface area (Å²) in [5.41, 5.74) is 1.00. The Morgan fingerprint density at radius 3 is 2.57 bits per heavy atom. The van der Waals surface area contributed by atoms with Crippen LogP contribution in [0.4, 0.5) is 0 Å². The molecule has 156 valence electrons. The van der Waals surface area contributed by atoms with Crippen molar-refractivity contribution < 1.29 is 25.2 Å². The lowest BCUT2D eigenvalue weighted by molar-refractivity contribution is -0.356. The Kier molecular flexibility index (Phi) is 8.70. The van der Waals surface area contributed by atoms with E-state index >= 15 is 0 Å². The minimum absolute atomic E-state index is 0. The van der Waals surface area contributed by atoms with Crippen molar-refractivity contribution in [3.05, 3.63) is 54.1 Å². The molecule has 0 heterocycles. The molecule has 0 spiro atoms. The molecule has 0 saturated carbocycles. The fraction of sp³-hybridized carbons (Fsp3) is 0.500.